The molecule has 0 unspecified atom stereocenters. The number of aryl methyl sites for hydroxylation is 1. The molecule has 0 heterocycles. The maximum atomic E-state index is 3.96. The fourth-order valence-corrected chi connectivity index (χ4v) is 1.57. The summed E-state index contributed by atoms with van der Waals surface area (Å²) in [6.07, 6.45) is 1.04. The van der Waals surface area contributed by atoms with E-state index in [1.807, 2.05) is 0 Å². The third kappa shape index (κ3) is 3.33. The van der Waals surface area contributed by atoms with Gasteiger partial charge in [-0.3, -0.25) is 0 Å². The number of rotatable bonds is 4. The quantitative estimate of drug-likeness (QED) is 0.655. The van der Waals surface area contributed by atoms with Crippen molar-refractivity contribution in [3.63, 3.8) is 0 Å². The average Bonchev–Trinajstić information content (AvgIpc) is 2.19. The van der Waals surface area contributed by atoms with Crippen LogP contribution in [0.3, 0.4) is 0 Å². The minimum absolute atomic E-state index is 0.871. The van der Waals surface area contributed by atoms with Gasteiger partial charge in [0.2, 0.25) is 0 Å². The van der Waals surface area contributed by atoms with Gasteiger partial charge in [-0.15, -0.1) is 0 Å². The molecule has 0 radical (unpaired) electrons. The molecule has 1 aromatic rings. The van der Waals surface area contributed by atoms with Crippen molar-refractivity contribution in [2.75, 3.05) is 11.9 Å². The standard InChI is InChI=1S/C12H16IN/c1-4-9(2)8-14-11-6-5-10(3)12(13)7-11/h5-7,14H,2,4,8H2,1,3H3. The van der Waals surface area contributed by atoms with E-state index >= 15 is 0 Å². The highest BCUT2D eigenvalue weighted by Crippen LogP contribution is 2.17. The van der Waals surface area contributed by atoms with Crippen LogP contribution < -0.4 is 5.32 Å². The van der Waals surface area contributed by atoms with Gasteiger partial charge in [-0.25, -0.2) is 0 Å². The topological polar surface area (TPSA) is 12.0 Å². The zero-order valence-corrected chi connectivity index (χ0v) is 10.9. The summed E-state index contributed by atoms with van der Waals surface area (Å²) < 4.78 is 1.30. The lowest BCUT2D eigenvalue weighted by atomic mass is 10.2. The Balaban J connectivity index is 2.60. The molecule has 1 nitrogen and oxygen atoms in total. The largest absolute Gasteiger partial charge is 0.381 e. The van der Waals surface area contributed by atoms with Crippen LogP contribution in [0.25, 0.3) is 0 Å². The first-order valence-corrected chi connectivity index (χ1v) is 5.88. The Labute approximate surface area is 99.7 Å². The summed E-state index contributed by atoms with van der Waals surface area (Å²) in [4.78, 5) is 0. The Bertz CT molecular complexity index is 331. The van der Waals surface area contributed by atoms with E-state index in [0.29, 0.717) is 0 Å². The molecule has 1 rings (SSSR count). The summed E-state index contributed by atoms with van der Waals surface area (Å²) in [5, 5.41) is 3.36. The maximum absolute atomic E-state index is 3.96. The monoisotopic (exact) mass is 301 g/mol. The molecule has 76 valence electrons. The Morgan fingerprint density at radius 3 is 2.79 bits per heavy atom. The average molecular weight is 301 g/mol. The van der Waals surface area contributed by atoms with E-state index in [1.165, 1.54) is 20.4 Å². The van der Waals surface area contributed by atoms with Crippen LogP contribution in [0.5, 0.6) is 0 Å². The van der Waals surface area contributed by atoms with Crippen molar-refractivity contribution >= 4 is 28.3 Å². The van der Waals surface area contributed by atoms with Crippen molar-refractivity contribution in [2.45, 2.75) is 20.3 Å². The molecule has 0 aliphatic carbocycles. The van der Waals surface area contributed by atoms with Crippen LogP contribution in [0, 0.1) is 10.5 Å². The highest BCUT2D eigenvalue weighted by atomic mass is 127. The second-order valence-electron chi connectivity index (χ2n) is 3.42. The first-order valence-electron chi connectivity index (χ1n) is 4.80. The van der Waals surface area contributed by atoms with Crippen molar-refractivity contribution in [1.82, 2.24) is 0 Å². The lowest BCUT2D eigenvalue weighted by molar-refractivity contribution is 1.05. The van der Waals surface area contributed by atoms with E-state index in [2.05, 4.69) is 66.5 Å². The predicted octanol–water partition coefficient (Wildman–Crippen LogP) is 3.98. The molecule has 0 aromatic heterocycles. The normalized spacial score (nSPS) is 9.93. The van der Waals surface area contributed by atoms with E-state index < -0.39 is 0 Å². The van der Waals surface area contributed by atoms with Crippen LogP contribution in [0.2, 0.25) is 0 Å². The van der Waals surface area contributed by atoms with E-state index in [-0.39, 0.29) is 0 Å². The van der Waals surface area contributed by atoms with Gasteiger partial charge in [0.15, 0.2) is 0 Å². The second-order valence-corrected chi connectivity index (χ2v) is 4.58. The highest BCUT2D eigenvalue weighted by Gasteiger charge is 1.97. The van der Waals surface area contributed by atoms with Gasteiger partial charge in [0.25, 0.3) is 0 Å². The Morgan fingerprint density at radius 1 is 1.50 bits per heavy atom. The van der Waals surface area contributed by atoms with Crippen LogP contribution in [0.1, 0.15) is 18.9 Å². The van der Waals surface area contributed by atoms with E-state index in [4.69, 9.17) is 0 Å². The van der Waals surface area contributed by atoms with Crippen molar-refractivity contribution in [1.29, 1.82) is 0 Å². The molecular weight excluding hydrogens is 285 g/mol. The van der Waals surface area contributed by atoms with Crippen LogP contribution >= 0.6 is 22.6 Å². The van der Waals surface area contributed by atoms with E-state index in [9.17, 15) is 0 Å². The summed E-state index contributed by atoms with van der Waals surface area (Å²) in [6, 6.07) is 6.41. The first kappa shape index (κ1) is 11.6. The summed E-state index contributed by atoms with van der Waals surface area (Å²) >= 11 is 2.35. The van der Waals surface area contributed by atoms with Gasteiger partial charge in [-0.2, -0.15) is 0 Å². The highest BCUT2D eigenvalue weighted by molar-refractivity contribution is 14.1. The molecule has 0 saturated carbocycles. The zero-order chi connectivity index (χ0) is 10.6. The van der Waals surface area contributed by atoms with Gasteiger partial charge in [-0.1, -0.05) is 25.1 Å². The molecule has 0 aliphatic rings. The lowest BCUT2D eigenvalue weighted by Crippen LogP contribution is -2.03. The van der Waals surface area contributed by atoms with Crippen molar-refractivity contribution in [3.05, 3.63) is 39.5 Å². The Morgan fingerprint density at radius 2 is 2.21 bits per heavy atom. The fourth-order valence-electron chi connectivity index (χ4n) is 1.05. The molecule has 0 aliphatic heterocycles. The zero-order valence-electron chi connectivity index (χ0n) is 8.73. The summed E-state index contributed by atoms with van der Waals surface area (Å²) in [5.74, 6) is 0. The van der Waals surface area contributed by atoms with Gasteiger partial charge < -0.3 is 5.32 Å². The summed E-state index contributed by atoms with van der Waals surface area (Å²) in [7, 11) is 0. The Kier molecular flexibility index (Phi) is 4.45. The second kappa shape index (κ2) is 5.39. The number of halogens is 1. The van der Waals surface area contributed by atoms with Gasteiger partial charge >= 0.3 is 0 Å². The van der Waals surface area contributed by atoms with Crippen molar-refractivity contribution in [2.24, 2.45) is 0 Å². The fraction of sp³-hybridized carbons (Fsp3) is 0.333. The molecule has 0 saturated heterocycles. The predicted molar refractivity (Wildman–Crippen MR) is 71.8 cm³/mol. The van der Waals surface area contributed by atoms with Gasteiger partial charge in [-0.05, 0) is 53.6 Å². The number of benzene rings is 1. The molecule has 0 spiro atoms. The number of nitrogens with one attached hydrogen (secondary N) is 1. The minimum Gasteiger partial charge on any atom is -0.381 e. The molecule has 1 aromatic carbocycles. The SMILES string of the molecule is C=C(CC)CNc1ccc(C)c(I)c1. The summed E-state index contributed by atoms with van der Waals surface area (Å²) in [6.45, 7) is 9.08. The molecule has 0 atom stereocenters. The van der Waals surface area contributed by atoms with E-state index in [1.54, 1.807) is 0 Å². The number of hydrogen-bond acceptors (Lipinski definition) is 1. The molecule has 0 fully saturated rings. The smallest absolute Gasteiger partial charge is 0.0357 e. The third-order valence-electron chi connectivity index (χ3n) is 2.21. The molecule has 2 heteroatoms. The Hall–Kier alpha value is -0.510. The van der Waals surface area contributed by atoms with Crippen LogP contribution in [-0.2, 0) is 0 Å². The van der Waals surface area contributed by atoms with Gasteiger partial charge in [0.1, 0.15) is 0 Å². The molecule has 1 N–H and O–H groups in total. The van der Waals surface area contributed by atoms with Crippen LogP contribution in [-0.4, -0.2) is 6.54 Å². The summed E-state index contributed by atoms with van der Waals surface area (Å²) in [5.41, 5.74) is 3.74. The third-order valence-corrected chi connectivity index (χ3v) is 3.38. The number of hydrogen-bond donors (Lipinski definition) is 1. The molecule has 0 bridgehead atoms. The van der Waals surface area contributed by atoms with Crippen molar-refractivity contribution in [3.8, 4) is 0 Å². The van der Waals surface area contributed by atoms with Crippen molar-refractivity contribution < 1.29 is 0 Å². The molecular formula is C12H16IN. The molecule has 0 amide bonds. The van der Waals surface area contributed by atoms with Gasteiger partial charge in [0, 0.05) is 15.8 Å². The van der Waals surface area contributed by atoms with E-state index in [0.717, 1.165) is 13.0 Å². The first-order chi connectivity index (χ1) is 6.63. The maximum Gasteiger partial charge on any atom is 0.0357 e. The molecule has 14 heavy (non-hydrogen) atoms. The van der Waals surface area contributed by atoms with Crippen LogP contribution in [0.15, 0.2) is 30.4 Å². The van der Waals surface area contributed by atoms with Crippen LogP contribution in [0.4, 0.5) is 5.69 Å². The minimum atomic E-state index is 0.871. The van der Waals surface area contributed by atoms with Gasteiger partial charge in [0.05, 0.1) is 0 Å². The number of anilines is 1. The lowest BCUT2D eigenvalue weighted by Gasteiger charge is -2.08.